The Labute approximate surface area is 173 Å². The van der Waals surface area contributed by atoms with Gasteiger partial charge in [-0.15, -0.1) is 0 Å². The molecule has 2 aromatic rings. The Kier molecular flexibility index (Phi) is 7.30. The van der Waals surface area contributed by atoms with Crippen LogP contribution in [0.2, 0.25) is 0 Å². The molecule has 0 aliphatic rings. The first-order valence-electron chi connectivity index (χ1n) is 9.61. The zero-order valence-electron chi connectivity index (χ0n) is 17.9. The van der Waals surface area contributed by atoms with Crippen LogP contribution in [-0.2, 0) is 14.8 Å². The first-order valence-corrected chi connectivity index (χ1v) is 11.5. The summed E-state index contributed by atoms with van der Waals surface area (Å²) in [5, 5.41) is 3.01. The van der Waals surface area contributed by atoms with E-state index < -0.39 is 16.1 Å². The maximum atomic E-state index is 12.7. The highest BCUT2D eigenvalue weighted by Gasteiger charge is 2.21. The summed E-state index contributed by atoms with van der Waals surface area (Å²) in [4.78, 5) is 12.7. The molecular formula is C22H30N2O4S. The number of aryl methyl sites for hydroxylation is 2. The van der Waals surface area contributed by atoms with Gasteiger partial charge in [0.1, 0.15) is 5.75 Å². The second-order valence-electron chi connectivity index (χ2n) is 7.31. The Hall–Kier alpha value is -2.54. The number of anilines is 1. The van der Waals surface area contributed by atoms with Crippen LogP contribution in [0.5, 0.6) is 5.75 Å². The van der Waals surface area contributed by atoms with Gasteiger partial charge < -0.3 is 10.1 Å². The molecule has 158 valence electrons. The Morgan fingerprint density at radius 1 is 1.10 bits per heavy atom. The first kappa shape index (κ1) is 22.7. The molecule has 2 atom stereocenters. The third-order valence-electron chi connectivity index (χ3n) is 5.03. The minimum Gasteiger partial charge on any atom is -0.481 e. The SMILES string of the molecule is CC[C@H](Oc1ccc(N(C)S(C)(=O)=O)cc1)C(=O)N[C@H](C)c1ccc(C)c(C)c1. The maximum absolute atomic E-state index is 12.7. The van der Waals surface area contributed by atoms with E-state index in [0.29, 0.717) is 17.9 Å². The lowest BCUT2D eigenvalue weighted by Crippen LogP contribution is -2.39. The summed E-state index contributed by atoms with van der Waals surface area (Å²) in [6.07, 6.45) is 1.02. The van der Waals surface area contributed by atoms with Crippen LogP contribution in [0, 0.1) is 13.8 Å². The number of amides is 1. The van der Waals surface area contributed by atoms with Crippen molar-refractivity contribution in [1.29, 1.82) is 0 Å². The lowest BCUT2D eigenvalue weighted by Gasteiger charge is -2.22. The summed E-state index contributed by atoms with van der Waals surface area (Å²) in [7, 11) is -1.84. The summed E-state index contributed by atoms with van der Waals surface area (Å²) >= 11 is 0. The highest BCUT2D eigenvalue weighted by atomic mass is 32.2. The zero-order valence-corrected chi connectivity index (χ0v) is 18.7. The largest absolute Gasteiger partial charge is 0.481 e. The number of nitrogens with one attached hydrogen (secondary N) is 1. The third kappa shape index (κ3) is 5.97. The fourth-order valence-corrected chi connectivity index (χ4v) is 3.34. The second kappa shape index (κ2) is 9.31. The lowest BCUT2D eigenvalue weighted by atomic mass is 10.0. The summed E-state index contributed by atoms with van der Waals surface area (Å²) < 4.78 is 30.3. The van der Waals surface area contributed by atoms with Crippen LogP contribution >= 0.6 is 0 Å². The second-order valence-corrected chi connectivity index (χ2v) is 9.33. The molecule has 0 saturated carbocycles. The predicted molar refractivity (Wildman–Crippen MR) is 117 cm³/mol. The molecule has 0 heterocycles. The van der Waals surface area contributed by atoms with Crippen LogP contribution in [0.4, 0.5) is 5.69 Å². The molecular weight excluding hydrogens is 388 g/mol. The van der Waals surface area contributed by atoms with E-state index >= 15 is 0 Å². The summed E-state index contributed by atoms with van der Waals surface area (Å²) in [6.45, 7) is 7.94. The van der Waals surface area contributed by atoms with Crippen molar-refractivity contribution in [2.75, 3.05) is 17.6 Å². The predicted octanol–water partition coefficient (Wildman–Crippen LogP) is 3.73. The average molecular weight is 419 g/mol. The summed E-state index contributed by atoms with van der Waals surface area (Å²) in [5.74, 6) is 0.326. The molecule has 0 spiro atoms. The van der Waals surface area contributed by atoms with Crippen LogP contribution < -0.4 is 14.4 Å². The molecule has 0 fully saturated rings. The number of carbonyl (C=O) groups excluding carboxylic acids is 1. The number of sulfonamides is 1. The molecule has 7 heteroatoms. The van der Waals surface area contributed by atoms with E-state index in [2.05, 4.69) is 31.3 Å². The Balaban J connectivity index is 2.05. The Morgan fingerprint density at radius 3 is 2.24 bits per heavy atom. The van der Waals surface area contributed by atoms with Crippen molar-refractivity contribution in [3.05, 3.63) is 59.2 Å². The lowest BCUT2D eigenvalue weighted by molar-refractivity contribution is -0.128. The van der Waals surface area contributed by atoms with E-state index in [0.717, 1.165) is 11.8 Å². The van der Waals surface area contributed by atoms with Crippen molar-refractivity contribution in [2.24, 2.45) is 0 Å². The van der Waals surface area contributed by atoms with Crippen molar-refractivity contribution in [1.82, 2.24) is 5.32 Å². The number of ether oxygens (including phenoxy) is 1. The first-order chi connectivity index (χ1) is 13.5. The number of hydrogen-bond acceptors (Lipinski definition) is 4. The monoisotopic (exact) mass is 418 g/mol. The van der Waals surface area contributed by atoms with Gasteiger partial charge in [-0.05, 0) is 68.1 Å². The van der Waals surface area contributed by atoms with Gasteiger partial charge in [0.25, 0.3) is 5.91 Å². The van der Waals surface area contributed by atoms with E-state index in [1.807, 2.05) is 19.9 Å². The highest BCUT2D eigenvalue weighted by molar-refractivity contribution is 7.92. The van der Waals surface area contributed by atoms with Gasteiger partial charge in [0, 0.05) is 7.05 Å². The summed E-state index contributed by atoms with van der Waals surface area (Å²) in [5.41, 5.74) is 3.98. The molecule has 0 radical (unpaired) electrons. The van der Waals surface area contributed by atoms with E-state index in [1.54, 1.807) is 24.3 Å². The van der Waals surface area contributed by atoms with E-state index in [-0.39, 0.29) is 11.9 Å². The van der Waals surface area contributed by atoms with Gasteiger partial charge in [0.15, 0.2) is 6.10 Å². The molecule has 1 amide bonds. The van der Waals surface area contributed by atoms with Gasteiger partial charge in [-0.2, -0.15) is 0 Å². The number of carbonyl (C=O) groups is 1. The smallest absolute Gasteiger partial charge is 0.261 e. The minimum absolute atomic E-state index is 0.134. The van der Waals surface area contributed by atoms with E-state index in [1.165, 1.54) is 22.5 Å². The van der Waals surface area contributed by atoms with Crippen LogP contribution in [0.3, 0.4) is 0 Å². The van der Waals surface area contributed by atoms with E-state index in [9.17, 15) is 13.2 Å². The molecule has 2 rings (SSSR count). The molecule has 29 heavy (non-hydrogen) atoms. The number of nitrogens with zero attached hydrogens (tertiary/aromatic N) is 1. The Bertz CT molecular complexity index is 955. The molecule has 1 N–H and O–H groups in total. The molecule has 0 aliphatic heterocycles. The van der Waals surface area contributed by atoms with Crippen LogP contribution in [0.15, 0.2) is 42.5 Å². The van der Waals surface area contributed by atoms with Gasteiger partial charge >= 0.3 is 0 Å². The number of hydrogen-bond donors (Lipinski definition) is 1. The average Bonchev–Trinajstić information content (AvgIpc) is 2.67. The molecule has 0 unspecified atom stereocenters. The molecule has 0 saturated heterocycles. The zero-order chi connectivity index (χ0) is 21.8. The Morgan fingerprint density at radius 2 is 1.72 bits per heavy atom. The maximum Gasteiger partial charge on any atom is 0.261 e. The van der Waals surface area contributed by atoms with E-state index in [4.69, 9.17) is 4.74 Å². The fraction of sp³-hybridized carbons (Fsp3) is 0.409. The van der Waals surface area contributed by atoms with Gasteiger partial charge in [0.05, 0.1) is 18.0 Å². The van der Waals surface area contributed by atoms with Crippen molar-refractivity contribution >= 4 is 21.6 Å². The molecule has 0 aliphatic carbocycles. The summed E-state index contributed by atoms with van der Waals surface area (Å²) in [6, 6.07) is 12.7. The third-order valence-corrected chi connectivity index (χ3v) is 6.23. The minimum atomic E-state index is -3.33. The fourth-order valence-electron chi connectivity index (χ4n) is 2.84. The van der Waals surface area contributed by atoms with Crippen LogP contribution in [0.25, 0.3) is 0 Å². The van der Waals surface area contributed by atoms with Crippen molar-refractivity contribution in [2.45, 2.75) is 46.3 Å². The number of benzene rings is 2. The van der Waals surface area contributed by atoms with Crippen molar-refractivity contribution in [3.63, 3.8) is 0 Å². The van der Waals surface area contributed by atoms with Crippen LogP contribution in [-0.4, -0.2) is 33.7 Å². The highest BCUT2D eigenvalue weighted by Crippen LogP contribution is 2.22. The van der Waals surface area contributed by atoms with Gasteiger partial charge in [-0.1, -0.05) is 25.1 Å². The molecule has 0 bridgehead atoms. The normalized spacial score (nSPS) is 13.4. The van der Waals surface area contributed by atoms with Crippen molar-refractivity contribution in [3.8, 4) is 5.75 Å². The standard InChI is InChI=1S/C22H30N2O4S/c1-7-21(22(25)23-17(4)18-9-8-15(2)16(3)14-18)28-20-12-10-19(11-13-20)24(5)29(6,26)27/h8-14,17,21H,7H2,1-6H3,(H,23,25)/t17-,21+/m1/s1. The topological polar surface area (TPSA) is 75.7 Å². The van der Waals surface area contributed by atoms with Crippen molar-refractivity contribution < 1.29 is 17.9 Å². The van der Waals surface area contributed by atoms with Crippen LogP contribution in [0.1, 0.15) is 43.0 Å². The number of rotatable bonds is 8. The molecule has 6 nitrogen and oxygen atoms in total. The molecule has 2 aromatic carbocycles. The van der Waals surface area contributed by atoms with Gasteiger partial charge in [0.2, 0.25) is 10.0 Å². The molecule has 0 aromatic heterocycles. The van der Waals surface area contributed by atoms with Gasteiger partial charge in [-0.3, -0.25) is 9.10 Å². The quantitative estimate of drug-likeness (QED) is 0.709. The van der Waals surface area contributed by atoms with Gasteiger partial charge in [-0.25, -0.2) is 8.42 Å².